The molecule has 0 saturated heterocycles. The van der Waals surface area contributed by atoms with Gasteiger partial charge in [0.05, 0.1) is 0 Å². The Hall–Kier alpha value is 2.21. The summed E-state index contributed by atoms with van der Waals surface area (Å²) in [6.07, 6.45) is 11.7. The van der Waals surface area contributed by atoms with Gasteiger partial charge in [-0.2, -0.15) is 36.5 Å². The molecule has 2 heteroatoms. The summed E-state index contributed by atoms with van der Waals surface area (Å²) in [6.45, 7) is 29.0. The van der Waals surface area contributed by atoms with Crippen LogP contribution in [0.25, 0.3) is 0 Å². The van der Waals surface area contributed by atoms with E-state index in [9.17, 15) is 0 Å². The van der Waals surface area contributed by atoms with E-state index in [1.807, 2.05) is 27.7 Å². The maximum absolute atomic E-state index is 3.79. The van der Waals surface area contributed by atoms with Gasteiger partial charge >= 0.3 is 0 Å². The number of hydrogen-bond acceptors (Lipinski definition) is 0. The molecule has 0 atom stereocenters. The van der Waals surface area contributed by atoms with Gasteiger partial charge in [0.15, 0.2) is 0 Å². The Labute approximate surface area is 208 Å². The minimum absolute atomic E-state index is 0. The first-order valence-electron chi connectivity index (χ1n) is 9.39. The molecule has 0 spiro atoms. The van der Waals surface area contributed by atoms with Gasteiger partial charge in [0.25, 0.3) is 0 Å². The summed E-state index contributed by atoms with van der Waals surface area (Å²) in [5, 5.41) is 0. The van der Waals surface area contributed by atoms with Crippen molar-refractivity contribution in [3.8, 4) is 0 Å². The predicted molar refractivity (Wildman–Crippen MR) is 109 cm³/mol. The molecule has 24 heavy (non-hydrogen) atoms. The second-order valence-corrected chi connectivity index (χ2v) is 7.13. The zero-order valence-corrected chi connectivity index (χ0v) is 24.6. The number of unbranched alkanes of at least 4 members (excludes halogenated alkanes) is 4. The first kappa shape index (κ1) is 40.8. The van der Waals surface area contributed by atoms with E-state index in [1.54, 1.807) is 0 Å². The monoisotopic (exact) mass is 490 g/mol. The first-order valence-corrected chi connectivity index (χ1v) is 9.39. The number of hydrogen-bond donors (Lipinski definition) is 0. The molecule has 0 nitrogen and oxygen atoms in total. The van der Waals surface area contributed by atoms with Crippen LogP contribution in [0.1, 0.15) is 108 Å². The first-order chi connectivity index (χ1) is 10.1. The van der Waals surface area contributed by atoms with Crippen LogP contribution in [0.15, 0.2) is 0 Å². The van der Waals surface area contributed by atoms with Crippen LogP contribution >= 0.6 is 0 Å². The van der Waals surface area contributed by atoms with Crippen LogP contribution in [-0.2, 0) is 65.4 Å². The molecule has 0 rings (SSSR count). The van der Waals surface area contributed by atoms with Gasteiger partial charge in [-0.3, -0.25) is 0 Å². The van der Waals surface area contributed by atoms with Gasteiger partial charge in [0.1, 0.15) is 0 Å². The zero-order valence-electron chi connectivity index (χ0n) is 19.0. The van der Waals surface area contributed by atoms with Crippen molar-refractivity contribution in [3.63, 3.8) is 0 Å². The van der Waals surface area contributed by atoms with Crippen LogP contribution in [0, 0.1) is 37.5 Å². The van der Waals surface area contributed by atoms with Crippen LogP contribution in [-0.4, -0.2) is 0 Å². The summed E-state index contributed by atoms with van der Waals surface area (Å²) in [4.78, 5) is 0. The molecular weight excluding hydrogens is 442 g/mol. The van der Waals surface area contributed by atoms with Gasteiger partial charge in [-0.25, -0.2) is 0 Å². The van der Waals surface area contributed by atoms with Crippen molar-refractivity contribution in [2.75, 3.05) is 0 Å². The maximum Gasteiger partial charge on any atom is 0 e. The standard InChI is InChI=1S/2C9H18.2C2H6.2Y/c2*1-5-6-7-8-9(2,3)4;2*1-2;;/h2*8H,1,5-7H2,2-4H3;2*1-2H3;;/q2*-2;;;;. The van der Waals surface area contributed by atoms with Crippen molar-refractivity contribution in [3.05, 3.63) is 26.7 Å². The quantitative estimate of drug-likeness (QED) is 0.259. The molecule has 0 aromatic carbocycles. The normalized spacial score (nSPS) is 9.50. The Morgan fingerprint density at radius 1 is 0.583 bits per heavy atom. The van der Waals surface area contributed by atoms with Crippen molar-refractivity contribution in [2.24, 2.45) is 10.8 Å². The van der Waals surface area contributed by atoms with E-state index in [0.29, 0.717) is 10.8 Å². The van der Waals surface area contributed by atoms with Crippen LogP contribution < -0.4 is 0 Å². The van der Waals surface area contributed by atoms with E-state index in [-0.39, 0.29) is 65.4 Å². The van der Waals surface area contributed by atoms with Gasteiger partial charge in [0, 0.05) is 65.4 Å². The van der Waals surface area contributed by atoms with Gasteiger partial charge in [-0.05, 0) is 0 Å². The molecule has 0 aliphatic rings. The summed E-state index contributed by atoms with van der Waals surface area (Å²) in [7, 11) is 0. The molecule has 0 aromatic heterocycles. The van der Waals surface area contributed by atoms with E-state index in [1.165, 1.54) is 25.7 Å². The average Bonchev–Trinajstić information content (AvgIpc) is 2.42. The molecule has 0 saturated carbocycles. The van der Waals surface area contributed by atoms with Crippen molar-refractivity contribution in [1.82, 2.24) is 0 Å². The molecule has 146 valence electrons. The average molecular weight is 490 g/mol. The van der Waals surface area contributed by atoms with Crippen molar-refractivity contribution >= 4 is 0 Å². The molecule has 0 aromatic rings. The predicted octanol–water partition coefficient (Wildman–Crippen LogP) is 8.53. The SMILES string of the molecule is CC.CC.[CH2-]CCC[CH-]C(C)(C)C.[CH2-]CCC[CH-]C(C)(C)C.[Y].[Y]. The summed E-state index contributed by atoms with van der Waals surface area (Å²) < 4.78 is 0. The molecule has 0 aliphatic carbocycles. The van der Waals surface area contributed by atoms with Gasteiger partial charge in [0.2, 0.25) is 0 Å². The van der Waals surface area contributed by atoms with Crippen molar-refractivity contribution in [1.29, 1.82) is 0 Å². The molecule has 0 N–H and O–H groups in total. The van der Waals surface area contributed by atoms with Gasteiger partial charge in [-0.15, -0.1) is 12.8 Å². The summed E-state index contributed by atoms with van der Waals surface area (Å²) >= 11 is 0. The minimum Gasteiger partial charge on any atom is -0.343 e. The zero-order chi connectivity index (χ0) is 18.7. The Morgan fingerprint density at radius 3 is 0.917 bits per heavy atom. The molecular formula is C22H48Y2-4. The van der Waals surface area contributed by atoms with Gasteiger partial charge in [-0.1, -0.05) is 69.2 Å². The van der Waals surface area contributed by atoms with Crippen LogP contribution in [0.2, 0.25) is 0 Å². The third-order valence-electron chi connectivity index (χ3n) is 2.42. The van der Waals surface area contributed by atoms with E-state index < -0.39 is 0 Å². The Balaban J connectivity index is -0.0000000521. The largest absolute Gasteiger partial charge is 0.343 e. The Kier molecular flexibility index (Phi) is 50.9. The van der Waals surface area contributed by atoms with E-state index in [0.717, 1.165) is 12.8 Å². The Bertz CT molecular complexity index is 144. The Morgan fingerprint density at radius 2 is 0.792 bits per heavy atom. The van der Waals surface area contributed by atoms with Crippen LogP contribution in [0.3, 0.4) is 0 Å². The fourth-order valence-corrected chi connectivity index (χ4v) is 1.36. The smallest absolute Gasteiger partial charge is 0 e. The topological polar surface area (TPSA) is 0 Å². The molecule has 0 fully saturated rings. The molecule has 0 bridgehead atoms. The minimum atomic E-state index is 0. The summed E-state index contributed by atoms with van der Waals surface area (Å²) in [6, 6.07) is 0. The summed E-state index contributed by atoms with van der Waals surface area (Å²) in [5.41, 5.74) is 0.796. The van der Waals surface area contributed by atoms with E-state index in [2.05, 4.69) is 68.2 Å². The van der Waals surface area contributed by atoms with Crippen LogP contribution in [0.5, 0.6) is 0 Å². The fraction of sp³-hybridized carbons (Fsp3) is 0.818. The fourth-order valence-electron chi connectivity index (χ4n) is 1.36. The number of rotatable bonds is 6. The molecule has 0 unspecified atom stereocenters. The van der Waals surface area contributed by atoms with E-state index >= 15 is 0 Å². The van der Waals surface area contributed by atoms with Crippen molar-refractivity contribution in [2.45, 2.75) is 108 Å². The third kappa shape index (κ3) is 64.6. The molecule has 2 radical (unpaired) electrons. The second-order valence-electron chi connectivity index (χ2n) is 7.13. The maximum atomic E-state index is 3.79. The molecule has 0 aliphatic heterocycles. The third-order valence-corrected chi connectivity index (χ3v) is 2.42. The van der Waals surface area contributed by atoms with Crippen molar-refractivity contribution < 1.29 is 65.4 Å². The van der Waals surface area contributed by atoms with E-state index in [4.69, 9.17) is 0 Å². The second kappa shape index (κ2) is 30.0. The van der Waals surface area contributed by atoms with Gasteiger partial charge < -0.3 is 26.7 Å². The summed E-state index contributed by atoms with van der Waals surface area (Å²) in [5.74, 6) is 0. The van der Waals surface area contributed by atoms with Crippen LogP contribution in [0.4, 0.5) is 0 Å². The molecule has 0 heterocycles. The molecule has 0 amide bonds.